The first kappa shape index (κ1) is 23.1. The number of carboxylic acid groups (broad SMARTS) is 1. The molecule has 132 valence electrons. The van der Waals surface area contributed by atoms with Gasteiger partial charge < -0.3 is 19.3 Å². The van der Waals surface area contributed by atoms with Gasteiger partial charge in [-0.25, -0.2) is 0 Å². The normalized spacial score (nSPS) is 11.4. The van der Waals surface area contributed by atoms with E-state index in [1.807, 2.05) is 27.7 Å². The van der Waals surface area contributed by atoms with Crippen molar-refractivity contribution >= 4 is 11.9 Å². The van der Waals surface area contributed by atoms with Crippen LogP contribution in [0.1, 0.15) is 60.3 Å². The molecule has 0 spiro atoms. The lowest BCUT2D eigenvalue weighted by Gasteiger charge is -2.21. The SMILES string of the molecule is COC(C)(C)CCCC(=O)O.COC(C)(C)CCOC(C)=O. The number of hydrogen-bond donors (Lipinski definition) is 1. The molecule has 0 amide bonds. The van der Waals surface area contributed by atoms with E-state index < -0.39 is 5.97 Å². The number of methoxy groups -OCH3 is 2. The van der Waals surface area contributed by atoms with E-state index in [2.05, 4.69) is 0 Å². The topological polar surface area (TPSA) is 82.1 Å². The predicted molar refractivity (Wildman–Crippen MR) is 84.9 cm³/mol. The summed E-state index contributed by atoms with van der Waals surface area (Å²) in [5.74, 6) is -0.978. The second-order valence-electron chi connectivity index (χ2n) is 6.26. The molecule has 0 aliphatic rings. The first-order valence-corrected chi connectivity index (χ1v) is 7.41. The third-order valence-corrected chi connectivity index (χ3v) is 3.28. The highest BCUT2D eigenvalue weighted by Crippen LogP contribution is 2.16. The number of hydrogen-bond acceptors (Lipinski definition) is 5. The minimum absolute atomic E-state index is 0.185. The highest BCUT2D eigenvalue weighted by molar-refractivity contribution is 5.66. The molecule has 0 saturated heterocycles. The Bertz CT molecular complexity index is 291. The van der Waals surface area contributed by atoms with Crippen molar-refractivity contribution in [3.8, 4) is 0 Å². The van der Waals surface area contributed by atoms with Crippen LogP contribution in [-0.4, -0.2) is 49.1 Å². The number of ether oxygens (including phenoxy) is 3. The number of rotatable bonds is 9. The van der Waals surface area contributed by atoms with Gasteiger partial charge in [0.05, 0.1) is 17.8 Å². The third-order valence-electron chi connectivity index (χ3n) is 3.28. The minimum atomic E-state index is -0.739. The quantitative estimate of drug-likeness (QED) is 0.658. The fourth-order valence-electron chi connectivity index (χ4n) is 1.31. The molecule has 0 unspecified atom stereocenters. The fraction of sp³-hybridized carbons (Fsp3) is 0.875. The van der Waals surface area contributed by atoms with E-state index in [1.165, 1.54) is 6.92 Å². The number of esters is 1. The Morgan fingerprint density at radius 3 is 1.77 bits per heavy atom. The zero-order chi connectivity index (χ0) is 17.8. The molecule has 0 rings (SSSR count). The van der Waals surface area contributed by atoms with E-state index in [4.69, 9.17) is 19.3 Å². The Balaban J connectivity index is 0. The van der Waals surface area contributed by atoms with Gasteiger partial charge in [-0.2, -0.15) is 0 Å². The molecule has 0 aromatic carbocycles. The maximum absolute atomic E-state index is 10.4. The molecule has 0 saturated carbocycles. The highest BCUT2D eigenvalue weighted by atomic mass is 16.5. The molecule has 1 N–H and O–H groups in total. The zero-order valence-corrected chi connectivity index (χ0v) is 15.0. The van der Waals surface area contributed by atoms with E-state index in [1.54, 1.807) is 14.2 Å². The van der Waals surface area contributed by atoms with Gasteiger partial charge in [0.25, 0.3) is 0 Å². The smallest absolute Gasteiger partial charge is 0.303 e. The van der Waals surface area contributed by atoms with Gasteiger partial charge in [0.15, 0.2) is 0 Å². The summed E-state index contributed by atoms with van der Waals surface area (Å²) >= 11 is 0. The van der Waals surface area contributed by atoms with Crippen LogP contribution in [0.5, 0.6) is 0 Å². The largest absolute Gasteiger partial charge is 0.481 e. The van der Waals surface area contributed by atoms with Crippen LogP contribution < -0.4 is 0 Å². The predicted octanol–water partition coefficient (Wildman–Crippen LogP) is 3.03. The molecule has 6 nitrogen and oxygen atoms in total. The lowest BCUT2D eigenvalue weighted by atomic mass is 10.0. The summed E-state index contributed by atoms with van der Waals surface area (Å²) in [6.07, 6.45) is 2.42. The van der Waals surface area contributed by atoms with Crippen molar-refractivity contribution in [2.24, 2.45) is 0 Å². The van der Waals surface area contributed by atoms with Crippen LogP contribution in [0.15, 0.2) is 0 Å². The van der Waals surface area contributed by atoms with Gasteiger partial charge in [0, 0.05) is 34.0 Å². The molecular formula is C16H32O6. The highest BCUT2D eigenvalue weighted by Gasteiger charge is 2.16. The average Bonchev–Trinajstić information content (AvgIpc) is 2.38. The molecule has 0 atom stereocenters. The summed E-state index contributed by atoms with van der Waals surface area (Å²) in [4.78, 5) is 20.5. The van der Waals surface area contributed by atoms with E-state index >= 15 is 0 Å². The monoisotopic (exact) mass is 320 g/mol. The molecule has 22 heavy (non-hydrogen) atoms. The molecule has 0 fully saturated rings. The molecule has 0 aromatic rings. The van der Waals surface area contributed by atoms with Crippen LogP contribution in [0.2, 0.25) is 0 Å². The lowest BCUT2D eigenvalue weighted by molar-refractivity contribution is -0.142. The van der Waals surface area contributed by atoms with Crippen molar-refractivity contribution in [2.75, 3.05) is 20.8 Å². The van der Waals surface area contributed by atoms with Crippen molar-refractivity contribution in [3.63, 3.8) is 0 Å². The summed E-state index contributed by atoms with van der Waals surface area (Å²) in [6.45, 7) is 9.65. The van der Waals surface area contributed by atoms with Gasteiger partial charge in [-0.1, -0.05) is 0 Å². The Labute approximate surface area is 134 Å². The van der Waals surface area contributed by atoms with E-state index in [0.29, 0.717) is 13.0 Å². The van der Waals surface area contributed by atoms with Gasteiger partial charge >= 0.3 is 11.9 Å². The Morgan fingerprint density at radius 2 is 1.41 bits per heavy atom. The Kier molecular flexibility index (Phi) is 12.0. The van der Waals surface area contributed by atoms with Crippen molar-refractivity contribution in [3.05, 3.63) is 0 Å². The van der Waals surface area contributed by atoms with Gasteiger partial charge in [0.2, 0.25) is 0 Å². The van der Waals surface area contributed by atoms with Crippen LogP contribution in [0.3, 0.4) is 0 Å². The first-order chi connectivity index (χ1) is 9.95. The molecule has 0 radical (unpaired) electrons. The standard InChI is InChI=1S/2C8H16O3/c1-7(9)11-6-5-8(2,3)10-4;1-8(2,11-3)6-4-5-7(9)10/h5-6H2,1-4H3;4-6H2,1-3H3,(H,9,10). The summed E-state index contributed by atoms with van der Waals surface area (Å²) in [5.41, 5.74) is -0.384. The molecule has 0 aliphatic heterocycles. The van der Waals surface area contributed by atoms with Crippen LogP contribution >= 0.6 is 0 Å². The van der Waals surface area contributed by atoms with Crippen molar-refractivity contribution in [1.82, 2.24) is 0 Å². The van der Waals surface area contributed by atoms with Gasteiger partial charge in [-0.15, -0.1) is 0 Å². The van der Waals surface area contributed by atoms with Gasteiger partial charge in [-0.05, 0) is 40.5 Å². The van der Waals surface area contributed by atoms with Crippen LogP contribution in [0.25, 0.3) is 0 Å². The molecule has 0 bridgehead atoms. The zero-order valence-electron chi connectivity index (χ0n) is 15.0. The summed E-state index contributed by atoms with van der Waals surface area (Å²) in [7, 11) is 3.29. The molecule has 6 heteroatoms. The lowest BCUT2D eigenvalue weighted by Crippen LogP contribution is -2.24. The Morgan fingerprint density at radius 1 is 0.955 bits per heavy atom. The number of carbonyl (C=O) groups excluding carboxylic acids is 1. The summed E-state index contributed by atoms with van der Waals surface area (Å²) < 4.78 is 15.0. The third kappa shape index (κ3) is 16.9. The van der Waals surface area contributed by atoms with Crippen LogP contribution in [-0.2, 0) is 23.8 Å². The summed E-state index contributed by atoms with van der Waals surface area (Å²) in [6, 6.07) is 0. The van der Waals surface area contributed by atoms with Gasteiger partial charge in [-0.3, -0.25) is 9.59 Å². The van der Waals surface area contributed by atoms with Gasteiger partial charge in [0.1, 0.15) is 0 Å². The summed E-state index contributed by atoms with van der Waals surface area (Å²) in [5, 5.41) is 8.34. The second kappa shape index (κ2) is 11.4. The minimum Gasteiger partial charge on any atom is -0.481 e. The first-order valence-electron chi connectivity index (χ1n) is 7.41. The second-order valence-corrected chi connectivity index (χ2v) is 6.26. The fourth-order valence-corrected chi connectivity index (χ4v) is 1.31. The molecule has 0 heterocycles. The van der Waals surface area contributed by atoms with E-state index in [0.717, 1.165) is 12.8 Å². The molecular weight excluding hydrogens is 288 g/mol. The number of aliphatic carboxylic acids is 1. The molecule has 0 aromatic heterocycles. The maximum atomic E-state index is 10.4. The van der Waals surface area contributed by atoms with Crippen LogP contribution in [0.4, 0.5) is 0 Å². The van der Waals surface area contributed by atoms with E-state index in [9.17, 15) is 9.59 Å². The van der Waals surface area contributed by atoms with E-state index in [-0.39, 0.29) is 23.6 Å². The van der Waals surface area contributed by atoms with Crippen molar-refractivity contribution in [1.29, 1.82) is 0 Å². The van der Waals surface area contributed by atoms with Crippen LogP contribution in [0, 0.1) is 0 Å². The number of carbonyl (C=O) groups is 2. The Hall–Kier alpha value is -1.14. The average molecular weight is 320 g/mol. The number of carboxylic acids is 1. The maximum Gasteiger partial charge on any atom is 0.303 e. The molecule has 0 aliphatic carbocycles. The van der Waals surface area contributed by atoms with Crippen molar-refractivity contribution in [2.45, 2.75) is 71.5 Å². The van der Waals surface area contributed by atoms with Crippen molar-refractivity contribution < 1.29 is 28.9 Å².